The molecule has 1 saturated carbocycles. The fourth-order valence-electron chi connectivity index (χ4n) is 2.65. The third-order valence-electron chi connectivity index (χ3n) is 4.03. The standard InChI is InChI=1S/C12H24N2O.C2H6/c1-4-13-7-8-14(9-11(2)15-3)12(10-13)5-6-12;1-2/h11H,4-10H2,1-3H3;1-2H3. The van der Waals surface area contributed by atoms with Crippen molar-refractivity contribution in [3.05, 3.63) is 0 Å². The molecule has 1 aliphatic carbocycles. The first-order chi connectivity index (χ1) is 8.20. The highest BCUT2D eigenvalue weighted by Gasteiger charge is 2.50. The molecule has 3 nitrogen and oxygen atoms in total. The molecule has 1 spiro atoms. The van der Waals surface area contributed by atoms with Gasteiger partial charge in [0.2, 0.25) is 0 Å². The molecule has 17 heavy (non-hydrogen) atoms. The molecule has 2 rings (SSSR count). The van der Waals surface area contributed by atoms with E-state index in [1.165, 1.54) is 39.0 Å². The van der Waals surface area contributed by atoms with Gasteiger partial charge in [-0.1, -0.05) is 20.8 Å². The van der Waals surface area contributed by atoms with Gasteiger partial charge in [0.1, 0.15) is 0 Å². The Morgan fingerprint density at radius 2 is 1.88 bits per heavy atom. The molecule has 102 valence electrons. The molecule has 1 aliphatic heterocycles. The summed E-state index contributed by atoms with van der Waals surface area (Å²) in [5, 5.41) is 0. The van der Waals surface area contributed by atoms with E-state index in [2.05, 4.69) is 23.6 Å². The van der Waals surface area contributed by atoms with Crippen molar-refractivity contribution in [2.45, 2.75) is 52.2 Å². The second-order valence-electron chi connectivity index (χ2n) is 5.09. The van der Waals surface area contributed by atoms with Gasteiger partial charge in [-0.3, -0.25) is 4.90 Å². The van der Waals surface area contributed by atoms with Gasteiger partial charge in [0, 0.05) is 38.8 Å². The van der Waals surface area contributed by atoms with E-state index >= 15 is 0 Å². The maximum atomic E-state index is 5.37. The van der Waals surface area contributed by atoms with Crippen LogP contribution in [-0.4, -0.2) is 61.3 Å². The number of hydrogen-bond donors (Lipinski definition) is 0. The summed E-state index contributed by atoms with van der Waals surface area (Å²) >= 11 is 0. The number of methoxy groups -OCH3 is 1. The molecule has 1 heterocycles. The zero-order chi connectivity index (χ0) is 12.9. The first kappa shape index (κ1) is 14.9. The molecule has 2 fully saturated rings. The number of rotatable bonds is 4. The highest BCUT2D eigenvalue weighted by molar-refractivity contribution is 5.08. The van der Waals surface area contributed by atoms with E-state index in [0.717, 1.165) is 6.54 Å². The van der Waals surface area contributed by atoms with Crippen LogP contribution in [0.25, 0.3) is 0 Å². The van der Waals surface area contributed by atoms with Crippen LogP contribution in [0.5, 0.6) is 0 Å². The molecule has 3 heteroatoms. The molecule has 0 N–H and O–H groups in total. The average Bonchev–Trinajstić information content (AvgIpc) is 3.14. The van der Waals surface area contributed by atoms with Crippen molar-refractivity contribution in [2.24, 2.45) is 0 Å². The Morgan fingerprint density at radius 1 is 1.24 bits per heavy atom. The maximum Gasteiger partial charge on any atom is 0.0670 e. The zero-order valence-corrected chi connectivity index (χ0v) is 12.3. The van der Waals surface area contributed by atoms with Crippen molar-refractivity contribution < 1.29 is 4.74 Å². The fraction of sp³-hybridized carbons (Fsp3) is 1.00. The Morgan fingerprint density at radius 3 is 2.35 bits per heavy atom. The van der Waals surface area contributed by atoms with Crippen LogP contribution in [0.15, 0.2) is 0 Å². The van der Waals surface area contributed by atoms with Gasteiger partial charge >= 0.3 is 0 Å². The molecular weight excluding hydrogens is 212 g/mol. The van der Waals surface area contributed by atoms with Crippen molar-refractivity contribution in [1.29, 1.82) is 0 Å². The molecule has 1 unspecified atom stereocenters. The summed E-state index contributed by atoms with van der Waals surface area (Å²) in [6, 6.07) is 0. The predicted octanol–water partition coefficient (Wildman–Crippen LogP) is 2.22. The van der Waals surface area contributed by atoms with Gasteiger partial charge < -0.3 is 9.64 Å². The summed E-state index contributed by atoms with van der Waals surface area (Å²) < 4.78 is 5.37. The van der Waals surface area contributed by atoms with E-state index in [1.54, 1.807) is 0 Å². The Balaban J connectivity index is 0.000000686. The minimum absolute atomic E-state index is 0.371. The Labute approximate surface area is 107 Å². The van der Waals surface area contributed by atoms with Crippen molar-refractivity contribution >= 4 is 0 Å². The maximum absolute atomic E-state index is 5.37. The Hall–Kier alpha value is -0.120. The van der Waals surface area contributed by atoms with Crippen LogP contribution < -0.4 is 0 Å². The Bertz CT molecular complexity index is 216. The number of hydrogen-bond acceptors (Lipinski definition) is 3. The van der Waals surface area contributed by atoms with Gasteiger partial charge in [-0.2, -0.15) is 0 Å². The smallest absolute Gasteiger partial charge is 0.0670 e. The molecule has 0 amide bonds. The van der Waals surface area contributed by atoms with Crippen LogP contribution in [-0.2, 0) is 4.74 Å². The zero-order valence-electron chi connectivity index (χ0n) is 12.3. The van der Waals surface area contributed by atoms with Gasteiger partial charge in [0.25, 0.3) is 0 Å². The second kappa shape index (κ2) is 6.72. The summed E-state index contributed by atoms with van der Waals surface area (Å²) in [6.07, 6.45) is 3.15. The predicted molar refractivity (Wildman–Crippen MR) is 73.5 cm³/mol. The van der Waals surface area contributed by atoms with Crippen molar-refractivity contribution in [3.8, 4) is 0 Å². The first-order valence-corrected chi connectivity index (χ1v) is 7.20. The summed E-state index contributed by atoms with van der Waals surface area (Å²) in [7, 11) is 1.81. The molecule has 0 bridgehead atoms. The van der Waals surface area contributed by atoms with E-state index < -0.39 is 0 Å². The number of nitrogens with zero attached hydrogens (tertiary/aromatic N) is 2. The Kier molecular flexibility index (Phi) is 5.90. The van der Waals surface area contributed by atoms with Crippen LogP contribution in [0.3, 0.4) is 0 Å². The lowest BCUT2D eigenvalue weighted by atomic mass is 10.1. The number of piperazine rings is 1. The molecular formula is C14H30N2O. The highest BCUT2D eigenvalue weighted by Crippen LogP contribution is 2.44. The topological polar surface area (TPSA) is 15.7 Å². The van der Waals surface area contributed by atoms with Gasteiger partial charge in [-0.05, 0) is 26.3 Å². The highest BCUT2D eigenvalue weighted by atomic mass is 16.5. The largest absolute Gasteiger partial charge is 0.380 e. The van der Waals surface area contributed by atoms with Crippen LogP contribution in [0, 0.1) is 0 Å². The van der Waals surface area contributed by atoms with Gasteiger partial charge in [0.05, 0.1) is 6.10 Å². The van der Waals surface area contributed by atoms with Gasteiger partial charge in [0.15, 0.2) is 0 Å². The lowest BCUT2D eigenvalue weighted by Crippen LogP contribution is -2.56. The summed E-state index contributed by atoms with van der Waals surface area (Å²) in [5.41, 5.74) is 0.529. The molecule has 2 aliphatic rings. The van der Waals surface area contributed by atoms with Crippen LogP contribution >= 0.6 is 0 Å². The van der Waals surface area contributed by atoms with Crippen LogP contribution in [0.4, 0.5) is 0 Å². The van der Waals surface area contributed by atoms with Crippen LogP contribution in [0.1, 0.15) is 40.5 Å². The van der Waals surface area contributed by atoms with E-state index in [9.17, 15) is 0 Å². The van der Waals surface area contributed by atoms with Crippen molar-refractivity contribution in [3.63, 3.8) is 0 Å². The van der Waals surface area contributed by atoms with E-state index in [1.807, 2.05) is 21.0 Å². The molecule has 0 aromatic carbocycles. The lowest BCUT2D eigenvalue weighted by molar-refractivity contribution is 0.0122. The molecule has 0 radical (unpaired) electrons. The average molecular weight is 242 g/mol. The summed E-state index contributed by atoms with van der Waals surface area (Å²) in [6.45, 7) is 14.5. The van der Waals surface area contributed by atoms with Gasteiger partial charge in [-0.25, -0.2) is 0 Å². The first-order valence-electron chi connectivity index (χ1n) is 7.20. The third kappa shape index (κ3) is 3.67. The monoisotopic (exact) mass is 242 g/mol. The van der Waals surface area contributed by atoms with Crippen molar-refractivity contribution in [1.82, 2.24) is 9.80 Å². The quantitative estimate of drug-likeness (QED) is 0.752. The second-order valence-corrected chi connectivity index (χ2v) is 5.09. The third-order valence-corrected chi connectivity index (χ3v) is 4.03. The van der Waals surface area contributed by atoms with Crippen molar-refractivity contribution in [2.75, 3.05) is 39.8 Å². The normalized spacial score (nSPS) is 25.2. The minimum Gasteiger partial charge on any atom is -0.380 e. The lowest BCUT2D eigenvalue weighted by Gasteiger charge is -2.42. The van der Waals surface area contributed by atoms with Gasteiger partial charge in [-0.15, -0.1) is 0 Å². The molecule has 1 saturated heterocycles. The minimum atomic E-state index is 0.371. The summed E-state index contributed by atoms with van der Waals surface area (Å²) in [4.78, 5) is 5.24. The summed E-state index contributed by atoms with van der Waals surface area (Å²) in [5.74, 6) is 0. The van der Waals surface area contributed by atoms with E-state index in [0.29, 0.717) is 11.6 Å². The number of likely N-dealkylation sites (N-methyl/N-ethyl adjacent to an activating group) is 1. The van der Waals surface area contributed by atoms with E-state index in [4.69, 9.17) is 4.74 Å². The molecule has 1 atom stereocenters. The van der Waals surface area contributed by atoms with E-state index in [-0.39, 0.29) is 0 Å². The molecule has 0 aromatic heterocycles. The SMILES string of the molecule is CC.CCN1CCN(CC(C)OC)C2(CC2)C1. The van der Waals surface area contributed by atoms with Crippen LogP contribution in [0.2, 0.25) is 0 Å². The molecule has 0 aromatic rings. The number of ether oxygens (including phenoxy) is 1. The fourth-order valence-corrected chi connectivity index (χ4v) is 2.65.